The zero-order chi connectivity index (χ0) is 18.9. The number of carbonyl (C=O) groups is 1. The predicted octanol–water partition coefficient (Wildman–Crippen LogP) is 2.92. The highest BCUT2D eigenvalue weighted by Crippen LogP contribution is 2.23. The Morgan fingerprint density at radius 1 is 1.31 bits per heavy atom. The Balaban J connectivity index is 1.71. The second kappa shape index (κ2) is 7.25. The van der Waals surface area contributed by atoms with E-state index in [-0.39, 0.29) is 29.1 Å². The molecule has 3 rings (SSSR count). The monoisotopic (exact) mass is 393 g/mol. The average Bonchev–Trinajstić information content (AvgIpc) is 2.97. The number of aromatic nitrogens is 1. The first-order valence-electron chi connectivity index (χ1n) is 8.22. The van der Waals surface area contributed by atoms with E-state index in [9.17, 15) is 13.2 Å². The van der Waals surface area contributed by atoms with Crippen LogP contribution in [0.4, 0.5) is 11.4 Å². The van der Waals surface area contributed by atoms with Gasteiger partial charge in [-0.3, -0.25) is 4.79 Å². The van der Waals surface area contributed by atoms with Gasteiger partial charge in [-0.25, -0.2) is 13.4 Å². The minimum absolute atomic E-state index is 0.0596. The molecule has 0 aliphatic carbocycles. The number of pyridine rings is 1. The average molecular weight is 394 g/mol. The van der Waals surface area contributed by atoms with Gasteiger partial charge >= 0.3 is 0 Å². The molecular formula is C18H20ClN3O3S. The first kappa shape index (κ1) is 18.7. The summed E-state index contributed by atoms with van der Waals surface area (Å²) >= 11 is 5.97. The Morgan fingerprint density at radius 3 is 2.69 bits per heavy atom. The highest BCUT2D eigenvalue weighted by molar-refractivity contribution is 7.91. The predicted molar refractivity (Wildman–Crippen MR) is 104 cm³/mol. The van der Waals surface area contributed by atoms with Gasteiger partial charge in [-0.05, 0) is 43.2 Å². The number of amides is 1. The number of nitrogens with zero attached hydrogens (tertiary/aromatic N) is 2. The zero-order valence-electron chi connectivity index (χ0n) is 14.6. The SMILES string of the molecule is Cc1ccc(Cl)cc1NC(=O)c1ccc(N(C)C2CCS(=O)(=O)C2)cn1. The van der Waals surface area contributed by atoms with Crippen molar-refractivity contribution in [3.8, 4) is 0 Å². The van der Waals surface area contributed by atoms with Gasteiger partial charge in [-0.1, -0.05) is 17.7 Å². The lowest BCUT2D eigenvalue weighted by Crippen LogP contribution is -2.32. The van der Waals surface area contributed by atoms with E-state index in [0.717, 1.165) is 11.3 Å². The molecule has 1 N–H and O–H groups in total. The Labute approximate surface area is 158 Å². The number of hydrogen-bond acceptors (Lipinski definition) is 5. The standard InChI is InChI=1S/C18H20ClN3O3S/c1-12-3-4-13(19)9-17(12)21-18(23)16-6-5-14(10-20-16)22(2)15-7-8-26(24,25)11-15/h3-6,9-10,15H,7-8,11H2,1-2H3,(H,21,23). The van der Waals surface area contributed by atoms with Crippen molar-refractivity contribution < 1.29 is 13.2 Å². The number of nitrogens with one attached hydrogen (secondary N) is 1. The van der Waals surface area contributed by atoms with Gasteiger partial charge in [0.1, 0.15) is 5.69 Å². The fourth-order valence-electron chi connectivity index (χ4n) is 2.94. The maximum Gasteiger partial charge on any atom is 0.274 e. The smallest absolute Gasteiger partial charge is 0.274 e. The largest absolute Gasteiger partial charge is 0.369 e. The van der Waals surface area contributed by atoms with Crippen molar-refractivity contribution in [2.24, 2.45) is 0 Å². The number of sulfone groups is 1. The lowest BCUT2D eigenvalue weighted by molar-refractivity contribution is 0.102. The van der Waals surface area contributed by atoms with E-state index in [1.807, 2.05) is 24.9 Å². The fraction of sp³-hybridized carbons (Fsp3) is 0.333. The van der Waals surface area contributed by atoms with Crippen molar-refractivity contribution in [2.45, 2.75) is 19.4 Å². The Bertz CT molecular complexity index is 929. The minimum atomic E-state index is -2.95. The lowest BCUT2D eigenvalue weighted by Gasteiger charge is -2.25. The van der Waals surface area contributed by atoms with Crippen LogP contribution in [0.15, 0.2) is 36.5 Å². The molecule has 26 heavy (non-hydrogen) atoms. The summed E-state index contributed by atoms with van der Waals surface area (Å²) in [5, 5.41) is 3.35. The van der Waals surface area contributed by atoms with Crippen LogP contribution in [0.1, 0.15) is 22.5 Å². The fourth-order valence-corrected chi connectivity index (χ4v) is 4.88. The van der Waals surface area contributed by atoms with Gasteiger partial charge in [0.25, 0.3) is 5.91 Å². The topological polar surface area (TPSA) is 79.4 Å². The third-order valence-electron chi connectivity index (χ3n) is 4.59. The summed E-state index contributed by atoms with van der Waals surface area (Å²) in [5.41, 5.74) is 2.60. The number of carbonyl (C=O) groups excluding carboxylic acids is 1. The van der Waals surface area contributed by atoms with Crippen LogP contribution in [0, 0.1) is 6.92 Å². The maximum atomic E-state index is 12.4. The Morgan fingerprint density at radius 2 is 2.08 bits per heavy atom. The molecule has 0 spiro atoms. The lowest BCUT2D eigenvalue weighted by atomic mass is 10.2. The van der Waals surface area contributed by atoms with Gasteiger partial charge in [0, 0.05) is 23.8 Å². The maximum absolute atomic E-state index is 12.4. The quantitative estimate of drug-likeness (QED) is 0.863. The molecule has 2 heterocycles. The zero-order valence-corrected chi connectivity index (χ0v) is 16.1. The van der Waals surface area contributed by atoms with E-state index in [1.54, 1.807) is 30.5 Å². The van der Waals surface area contributed by atoms with E-state index >= 15 is 0 Å². The number of rotatable bonds is 4. The third-order valence-corrected chi connectivity index (χ3v) is 6.58. The van der Waals surface area contributed by atoms with Crippen LogP contribution in [0.25, 0.3) is 0 Å². The van der Waals surface area contributed by atoms with Gasteiger partial charge < -0.3 is 10.2 Å². The summed E-state index contributed by atoms with van der Waals surface area (Å²) in [7, 11) is -1.10. The van der Waals surface area contributed by atoms with Crippen LogP contribution in [0.5, 0.6) is 0 Å². The first-order valence-corrected chi connectivity index (χ1v) is 10.4. The molecule has 1 fully saturated rings. The van der Waals surface area contributed by atoms with Crippen LogP contribution in [0.3, 0.4) is 0 Å². The summed E-state index contributed by atoms with van der Waals surface area (Å²) in [6, 6.07) is 8.63. The number of aryl methyl sites for hydroxylation is 1. The first-order chi connectivity index (χ1) is 12.2. The molecule has 6 nitrogen and oxygen atoms in total. The van der Waals surface area contributed by atoms with Gasteiger partial charge in [-0.2, -0.15) is 0 Å². The molecule has 1 amide bonds. The summed E-state index contributed by atoms with van der Waals surface area (Å²) < 4.78 is 23.3. The van der Waals surface area contributed by atoms with Crippen molar-refractivity contribution in [3.63, 3.8) is 0 Å². The van der Waals surface area contributed by atoms with Crippen molar-refractivity contribution in [1.29, 1.82) is 0 Å². The Hall–Kier alpha value is -2.12. The molecule has 1 aliphatic heterocycles. The van der Waals surface area contributed by atoms with Crippen LogP contribution in [-0.4, -0.2) is 43.9 Å². The normalized spacial score (nSPS) is 18.5. The molecule has 1 saturated heterocycles. The number of benzene rings is 1. The summed E-state index contributed by atoms with van der Waals surface area (Å²) in [4.78, 5) is 18.5. The molecule has 138 valence electrons. The van der Waals surface area contributed by atoms with E-state index < -0.39 is 9.84 Å². The van der Waals surface area contributed by atoms with Crippen LogP contribution < -0.4 is 10.2 Å². The van der Waals surface area contributed by atoms with Gasteiger partial charge in [0.2, 0.25) is 0 Å². The van der Waals surface area contributed by atoms with Crippen molar-refractivity contribution in [2.75, 3.05) is 28.8 Å². The molecule has 1 aromatic carbocycles. The summed E-state index contributed by atoms with van der Waals surface area (Å²) in [6.45, 7) is 1.88. The van der Waals surface area contributed by atoms with E-state index in [4.69, 9.17) is 11.6 Å². The highest BCUT2D eigenvalue weighted by atomic mass is 35.5. The van der Waals surface area contributed by atoms with Gasteiger partial charge in [-0.15, -0.1) is 0 Å². The minimum Gasteiger partial charge on any atom is -0.369 e. The highest BCUT2D eigenvalue weighted by Gasteiger charge is 2.30. The molecule has 1 aromatic heterocycles. The van der Waals surface area contributed by atoms with Crippen LogP contribution in [0.2, 0.25) is 5.02 Å². The van der Waals surface area contributed by atoms with Crippen molar-refractivity contribution in [1.82, 2.24) is 4.98 Å². The summed E-state index contributed by atoms with van der Waals surface area (Å²) in [5.74, 6) is 0.0438. The van der Waals surface area contributed by atoms with Crippen molar-refractivity contribution >= 4 is 38.7 Å². The molecule has 1 atom stereocenters. The van der Waals surface area contributed by atoms with Gasteiger partial charge in [0.15, 0.2) is 9.84 Å². The molecule has 1 unspecified atom stereocenters. The number of halogens is 1. The van der Waals surface area contributed by atoms with Gasteiger partial charge in [0.05, 0.1) is 23.4 Å². The number of hydrogen-bond donors (Lipinski definition) is 1. The second-order valence-electron chi connectivity index (χ2n) is 6.48. The van der Waals surface area contributed by atoms with E-state index in [2.05, 4.69) is 10.3 Å². The van der Waals surface area contributed by atoms with E-state index in [0.29, 0.717) is 17.1 Å². The molecule has 0 radical (unpaired) electrons. The van der Waals surface area contributed by atoms with Crippen LogP contribution in [-0.2, 0) is 9.84 Å². The molecule has 2 aromatic rings. The van der Waals surface area contributed by atoms with E-state index in [1.165, 1.54) is 0 Å². The Kier molecular flexibility index (Phi) is 5.20. The molecule has 0 bridgehead atoms. The molecule has 8 heteroatoms. The summed E-state index contributed by atoms with van der Waals surface area (Å²) in [6.07, 6.45) is 2.19. The number of anilines is 2. The molecular weight excluding hydrogens is 374 g/mol. The molecule has 1 aliphatic rings. The second-order valence-corrected chi connectivity index (χ2v) is 9.15. The van der Waals surface area contributed by atoms with Crippen molar-refractivity contribution in [3.05, 3.63) is 52.8 Å². The third kappa shape index (κ3) is 4.16. The molecule has 0 saturated carbocycles. The van der Waals surface area contributed by atoms with Crippen LogP contribution >= 0.6 is 11.6 Å².